The van der Waals surface area contributed by atoms with Gasteiger partial charge in [-0.25, -0.2) is 9.97 Å². The molecule has 6 nitrogen and oxygen atoms in total. The summed E-state index contributed by atoms with van der Waals surface area (Å²) in [7, 11) is 0. The minimum atomic E-state index is 0.0728. The standard InChI is InChI=1S/C27H29N5O/c33-27(31-16-9-12-20(18-31)25-28-21-13-6-7-14-22(21)29-25)24-23-15-5-2-8-17-32(23)26(30-24)19-10-3-1-4-11-19/h1,3-4,6-7,10-11,13-14,20H,2,5,8-9,12,15-18H2,(H,28,29). The lowest BCUT2D eigenvalue weighted by atomic mass is 9.97. The van der Waals surface area contributed by atoms with E-state index in [1.165, 1.54) is 6.42 Å². The summed E-state index contributed by atoms with van der Waals surface area (Å²) in [6.45, 7) is 2.40. The zero-order valence-electron chi connectivity index (χ0n) is 18.8. The fourth-order valence-corrected chi connectivity index (χ4v) is 5.40. The maximum Gasteiger partial charge on any atom is 0.274 e. The quantitative estimate of drug-likeness (QED) is 0.479. The van der Waals surface area contributed by atoms with Crippen LogP contribution in [-0.2, 0) is 13.0 Å². The molecule has 1 amide bonds. The number of nitrogens with zero attached hydrogens (tertiary/aromatic N) is 4. The first kappa shape index (κ1) is 20.2. The molecule has 0 aliphatic carbocycles. The number of rotatable bonds is 3. The first-order valence-electron chi connectivity index (χ1n) is 12.2. The van der Waals surface area contributed by atoms with Crippen molar-refractivity contribution in [1.82, 2.24) is 24.4 Å². The van der Waals surface area contributed by atoms with E-state index >= 15 is 0 Å². The SMILES string of the molecule is O=C(c1nc(-c2ccccc2)n2c1CCCCC2)N1CCCC(c2nc3ccccc3[nH]2)C1. The van der Waals surface area contributed by atoms with Crippen molar-refractivity contribution in [3.8, 4) is 11.4 Å². The Morgan fingerprint density at radius 1 is 0.909 bits per heavy atom. The Morgan fingerprint density at radius 3 is 2.64 bits per heavy atom. The van der Waals surface area contributed by atoms with E-state index in [9.17, 15) is 4.79 Å². The number of benzene rings is 2. The van der Waals surface area contributed by atoms with E-state index < -0.39 is 0 Å². The van der Waals surface area contributed by atoms with Gasteiger partial charge in [0.15, 0.2) is 0 Å². The third kappa shape index (κ3) is 3.73. The van der Waals surface area contributed by atoms with E-state index in [1.54, 1.807) is 0 Å². The monoisotopic (exact) mass is 439 g/mol. The van der Waals surface area contributed by atoms with Crippen LogP contribution in [0.3, 0.4) is 0 Å². The van der Waals surface area contributed by atoms with Gasteiger partial charge in [0, 0.05) is 31.1 Å². The molecule has 6 heteroatoms. The molecular weight excluding hydrogens is 410 g/mol. The van der Waals surface area contributed by atoms with Gasteiger partial charge in [-0.15, -0.1) is 0 Å². The molecule has 1 atom stereocenters. The van der Waals surface area contributed by atoms with E-state index in [2.05, 4.69) is 27.8 Å². The van der Waals surface area contributed by atoms with Crippen molar-refractivity contribution in [1.29, 1.82) is 0 Å². The van der Waals surface area contributed by atoms with Gasteiger partial charge in [-0.2, -0.15) is 0 Å². The number of para-hydroxylation sites is 2. The van der Waals surface area contributed by atoms with Crippen LogP contribution in [0.5, 0.6) is 0 Å². The molecule has 1 fully saturated rings. The van der Waals surface area contributed by atoms with Crippen LogP contribution in [0.25, 0.3) is 22.4 Å². The van der Waals surface area contributed by atoms with Crippen molar-refractivity contribution < 1.29 is 4.79 Å². The molecule has 2 aromatic carbocycles. The number of piperidine rings is 1. The van der Waals surface area contributed by atoms with Crippen molar-refractivity contribution in [2.24, 2.45) is 0 Å². The Balaban J connectivity index is 1.32. The number of hydrogen-bond acceptors (Lipinski definition) is 3. The molecule has 1 saturated heterocycles. The maximum atomic E-state index is 13.8. The fourth-order valence-electron chi connectivity index (χ4n) is 5.40. The first-order chi connectivity index (χ1) is 16.3. The zero-order chi connectivity index (χ0) is 22.2. The van der Waals surface area contributed by atoms with E-state index in [0.29, 0.717) is 12.2 Å². The second-order valence-electron chi connectivity index (χ2n) is 9.29. The van der Waals surface area contributed by atoms with Gasteiger partial charge in [0.1, 0.15) is 17.3 Å². The minimum absolute atomic E-state index is 0.0728. The molecule has 4 aromatic rings. The van der Waals surface area contributed by atoms with Crippen molar-refractivity contribution in [3.63, 3.8) is 0 Å². The van der Waals surface area contributed by atoms with Crippen LogP contribution in [0.2, 0.25) is 0 Å². The largest absolute Gasteiger partial charge is 0.342 e. The molecule has 6 rings (SSSR count). The molecule has 0 saturated carbocycles. The molecular formula is C27H29N5O. The second kappa shape index (κ2) is 8.50. The van der Waals surface area contributed by atoms with E-state index in [-0.39, 0.29) is 11.8 Å². The van der Waals surface area contributed by atoms with Gasteiger partial charge < -0.3 is 14.5 Å². The number of carbonyl (C=O) groups is 1. The van der Waals surface area contributed by atoms with Gasteiger partial charge in [0.05, 0.1) is 16.7 Å². The molecule has 0 radical (unpaired) electrons. The van der Waals surface area contributed by atoms with E-state index in [4.69, 9.17) is 9.97 Å². The fraction of sp³-hybridized carbons (Fsp3) is 0.370. The Bertz CT molecular complexity index is 1260. The van der Waals surface area contributed by atoms with Crippen LogP contribution >= 0.6 is 0 Å². The summed E-state index contributed by atoms with van der Waals surface area (Å²) in [6, 6.07) is 18.4. The summed E-state index contributed by atoms with van der Waals surface area (Å²) in [6.07, 6.45) is 6.38. The molecule has 168 valence electrons. The third-order valence-corrected chi connectivity index (χ3v) is 7.11. The zero-order valence-corrected chi connectivity index (χ0v) is 18.8. The van der Waals surface area contributed by atoms with Gasteiger partial charge in [0.2, 0.25) is 0 Å². The summed E-state index contributed by atoms with van der Waals surface area (Å²) in [4.78, 5) is 29.1. The number of imidazole rings is 2. The predicted octanol–water partition coefficient (Wildman–Crippen LogP) is 5.17. The number of aromatic nitrogens is 4. The number of fused-ring (bicyclic) bond motifs is 2. The van der Waals surface area contributed by atoms with Crippen LogP contribution in [0, 0.1) is 0 Å². The predicted molar refractivity (Wildman–Crippen MR) is 129 cm³/mol. The van der Waals surface area contributed by atoms with Crippen molar-refractivity contribution in [2.75, 3.05) is 13.1 Å². The number of amides is 1. The molecule has 1 unspecified atom stereocenters. The highest BCUT2D eigenvalue weighted by molar-refractivity contribution is 5.94. The number of H-pyrrole nitrogens is 1. The molecule has 0 spiro atoms. The van der Waals surface area contributed by atoms with Crippen molar-refractivity contribution >= 4 is 16.9 Å². The lowest BCUT2D eigenvalue weighted by molar-refractivity contribution is 0.0698. The highest BCUT2D eigenvalue weighted by Gasteiger charge is 2.31. The number of nitrogens with one attached hydrogen (secondary N) is 1. The highest BCUT2D eigenvalue weighted by Crippen LogP contribution is 2.31. The lowest BCUT2D eigenvalue weighted by Gasteiger charge is -2.31. The topological polar surface area (TPSA) is 66.8 Å². The number of carbonyl (C=O) groups excluding carboxylic acids is 1. The average Bonchev–Trinajstić information content (AvgIpc) is 3.38. The second-order valence-corrected chi connectivity index (χ2v) is 9.29. The van der Waals surface area contributed by atoms with Crippen LogP contribution in [-0.4, -0.2) is 43.4 Å². The summed E-state index contributed by atoms with van der Waals surface area (Å²) in [5, 5.41) is 0. The van der Waals surface area contributed by atoms with Crippen LogP contribution < -0.4 is 0 Å². The maximum absolute atomic E-state index is 13.8. The number of aromatic amines is 1. The summed E-state index contributed by atoms with van der Waals surface area (Å²) < 4.78 is 2.30. The highest BCUT2D eigenvalue weighted by atomic mass is 16.2. The average molecular weight is 440 g/mol. The van der Waals surface area contributed by atoms with Gasteiger partial charge >= 0.3 is 0 Å². The normalized spacial score (nSPS) is 18.8. The third-order valence-electron chi connectivity index (χ3n) is 7.11. The Kier molecular flexibility index (Phi) is 5.21. The molecule has 33 heavy (non-hydrogen) atoms. The van der Waals surface area contributed by atoms with Crippen molar-refractivity contribution in [3.05, 3.63) is 71.8 Å². The van der Waals surface area contributed by atoms with Gasteiger partial charge in [0.25, 0.3) is 5.91 Å². The Hall–Kier alpha value is -3.41. The molecule has 2 aliphatic rings. The Labute approximate surface area is 193 Å². The van der Waals surface area contributed by atoms with E-state index in [0.717, 1.165) is 79.1 Å². The number of likely N-dealkylation sites (tertiary alicyclic amines) is 1. The summed E-state index contributed by atoms with van der Waals surface area (Å²) in [5.41, 5.74) is 4.90. The van der Waals surface area contributed by atoms with Crippen LogP contribution in [0.15, 0.2) is 54.6 Å². The molecule has 0 bridgehead atoms. The molecule has 1 N–H and O–H groups in total. The van der Waals surface area contributed by atoms with Crippen molar-refractivity contribution in [2.45, 2.75) is 51.0 Å². The van der Waals surface area contributed by atoms with Gasteiger partial charge in [-0.3, -0.25) is 4.79 Å². The first-order valence-corrected chi connectivity index (χ1v) is 12.2. The minimum Gasteiger partial charge on any atom is -0.342 e. The van der Waals surface area contributed by atoms with Gasteiger partial charge in [-0.05, 0) is 44.2 Å². The summed E-state index contributed by atoms with van der Waals surface area (Å²) >= 11 is 0. The number of hydrogen-bond donors (Lipinski definition) is 1. The Morgan fingerprint density at radius 2 is 1.76 bits per heavy atom. The van der Waals surface area contributed by atoms with Gasteiger partial charge in [-0.1, -0.05) is 48.9 Å². The lowest BCUT2D eigenvalue weighted by Crippen LogP contribution is -2.40. The van der Waals surface area contributed by atoms with Crippen LogP contribution in [0.4, 0.5) is 0 Å². The smallest absolute Gasteiger partial charge is 0.274 e. The molecule has 2 aliphatic heterocycles. The van der Waals surface area contributed by atoms with Crippen LogP contribution in [0.1, 0.15) is 60.0 Å². The molecule has 2 aromatic heterocycles. The molecule has 4 heterocycles. The summed E-state index contributed by atoms with van der Waals surface area (Å²) in [5.74, 6) is 2.22. The van der Waals surface area contributed by atoms with E-state index in [1.807, 2.05) is 41.3 Å².